The standard InChI is InChI=1S/C26H36OSi/c1-24(2,3)21-15-12-16-22(23(21)27-6)25(4,5)26(28(7,8)9)18-17-19-13-10-11-14-20(19)26/h10-18H,1-9H3. The fourth-order valence-electron chi connectivity index (χ4n) is 5.49. The lowest BCUT2D eigenvalue weighted by atomic mass is 9.68. The quantitative estimate of drug-likeness (QED) is 0.504. The molecular weight excluding hydrogens is 356 g/mol. The third-order valence-electron chi connectivity index (χ3n) is 6.77. The van der Waals surface area contributed by atoms with Crippen molar-refractivity contribution in [3.63, 3.8) is 0 Å². The van der Waals surface area contributed by atoms with Crippen molar-refractivity contribution in [1.29, 1.82) is 0 Å². The van der Waals surface area contributed by atoms with E-state index >= 15 is 0 Å². The number of benzene rings is 2. The fourth-order valence-corrected chi connectivity index (χ4v) is 9.12. The van der Waals surface area contributed by atoms with Crippen LogP contribution in [0.3, 0.4) is 0 Å². The van der Waals surface area contributed by atoms with E-state index < -0.39 is 8.07 Å². The number of methoxy groups -OCH3 is 1. The Balaban J connectivity index is 2.35. The minimum atomic E-state index is -1.69. The maximum atomic E-state index is 6.09. The van der Waals surface area contributed by atoms with Crippen molar-refractivity contribution >= 4 is 14.1 Å². The first-order valence-corrected chi connectivity index (χ1v) is 13.8. The average molecular weight is 393 g/mol. The monoisotopic (exact) mass is 392 g/mol. The third kappa shape index (κ3) is 2.88. The van der Waals surface area contributed by atoms with E-state index in [0.717, 1.165) is 5.75 Å². The molecule has 0 radical (unpaired) electrons. The molecule has 1 aliphatic carbocycles. The highest BCUT2D eigenvalue weighted by Crippen LogP contribution is 2.57. The molecule has 0 bridgehead atoms. The van der Waals surface area contributed by atoms with Crippen LogP contribution in [-0.4, -0.2) is 15.2 Å². The number of rotatable bonds is 4. The van der Waals surface area contributed by atoms with Crippen molar-refractivity contribution in [1.82, 2.24) is 0 Å². The molecule has 0 saturated heterocycles. The second-order valence-electron chi connectivity index (χ2n) is 10.7. The summed E-state index contributed by atoms with van der Waals surface area (Å²) in [5.74, 6) is 1.05. The molecule has 28 heavy (non-hydrogen) atoms. The molecule has 1 unspecified atom stereocenters. The van der Waals surface area contributed by atoms with E-state index in [1.807, 2.05) is 7.11 Å². The Morgan fingerprint density at radius 3 is 2.00 bits per heavy atom. The molecule has 1 atom stereocenters. The van der Waals surface area contributed by atoms with E-state index in [0.29, 0.717) is 0 Å². The summed E-state index contributed by atoms with van der Waals surface area (Å²) in [6.07, 6.45) is 4.85. The van der Waals surface area contributed by atoms with Crippen LogP contribution < -0.4 is 4.74 Å². The summed E-state index contributed by atoms with van der Waals surface area (Å²) in [5, 5.41) is 0.000378. The number of para-hydroxylation sites is 1. The molecule has 1 nitrogen and oxygen atoms in total. The Kier molecular flexibility index (Phi) is 4.95. The summed E-state index contributed by atoms with van der Waals surface area (Å²) >= 11 is 0. The Morgan fingerprint density at radius 1 is 0.821 bits per heavy atom. The lowest BCUT2D eigenvalue weighted by molar-refractivity contribution is 0.353. The van der Waals surface area contributed by atoms with E-state index in [1.165, 1.54) is 22.3 Å². The van der Waals surface area contributed by atoms with Gasteiger partial charge in [0.1, 0.15) is 5.75 Å². The fraction of sp³-hybridized carbons (Fsp3) is 0.462. The molecule has 0 N–H and O–H groups in total. The van der Waals surface area contributed by atoms with Crippen molar-refractivity contribution in [2.75, 3.05) is 7.11 Å². The number of ether oxygens (including phenoxy) is 1. The number of allylic oxidation sites excluding steroid dienone is 1. The zero-order valence-corrected chi connectivity index (χ0v) is 20.1. The normalized spacial score (nSPS) is 19.6. The highest BCUT2D eigenvalue weighted by Gasteiger charge is 2.56. The minimum Gasteiger partial charge on any atom is -0.496 e. The Labute approximate surface area is 172 Å². The first-order valence-electron chi connectivity index (χ1n) is 10.3. The predicted molar refractivity (Wildman–Crippen MR) is 125 cm³/mol. The van der Waals surface area contributed by atoms with Gasteiger partial charge < -0.3 is 4.74 Å². The van der Waals surface area contributed by atoms with E-state index in [2.05, 4.69) is 109 Å². The van der Waals surface area contributed by atoms with Crippen molar-refractivity contribution < 1.29 is 4.74 Å². The number of fused-ring (bicyclic) bond motifs is 1. The Morgan fingerprint density at radius 2 is 1.43 bits per heavy atom. The van der Waals surface area contributed by atoms with Crippen LogP contribution in [0, 0.1) is 0 Å². The van der Waals surface area contributed by atoms with Crippen LogP contribution in [0.25, 0.3) is 6.08 Å². The van der Waals surface area contributed by atoms with Gasteiger partial charge in [0.25, 0.3) is 0 Å². The predicted octanol–water partition coefficient (Wildman–Crippen LogP) is 7.11. The Hall–Kier alpha value is -1.80. The summed E-state index contributed by atoms with van der Waals surface area (Å²) in [4.78, 5) is 0. The molecule has 2 heteroatoms. The smallest absolute Gasteiger partial charge is 0.126 e. The van der Waals surface area contributed by atoms with E-state index in [-0.39, 0.29) is 15.9 Å². The van der Waals surface area contributed by atoms with Gasteiger partial charge in [-0.2, -0.15) is 0 Å². The van der Waals surface area contributed by atoms with Crippen molar-refractivity contribution in [3.8, 4) is 5.75 Å². The van der Waals surface area contributed by atoms with Gasteiger partial charge in [-0.1, -0.05) is 109 Å². The first kappa shape index (κ1) is 20.9. The summed E-state index contributed by atoms with van der Waals surface area (Å²) in [7, 11) is 0.138. The second kappa shape index (κ2) is 6.62. The SMILES string of the molecule is COc1c(C(C)(C)C)cccc1C(C)(C)C1([Si](C)(C)C)C=Cc2ccccc21. The molecule has 1 aliphatic rings. The molecule has 2 aromatic carbocycles. The molecule has 150 valence electrons. The molecule has 0 amide bonds. The maximum Gasteiger partial charge on any atom is 0.126 e. The zero-order chi connectivity index (χ0) is 21.0. The second-order valence-corrected chi connectivity index (χ2v) is 16.0. The van der Waals surface area contributed by atoms with Crippen LogP contribution in [0.1, 0.15) is 56.9 Å². The van der Waals surface area contributed by atoms with Crippen LogP contribution in [-0.2, 0) is 15.9 Å². The summed E-state index contributed by atoms with van der Waals surface area (Å²) in [6.45, 7) is 19.1. The van der Waals surface area contributed by atoms with Crippen LogP contribution in [0.2, 0.25) is 19.6 Å². The molecule has 0 heterocycles. The topological polar surface area (TPSA) is 9.23 Å². The van der Waals surface area contributed by atoms with E-state index in [1.54, 1.807) is 0 Å². The first-order chi connectivity index (χ1) is 12.9. The third-order valence-corrected chi connectivity index (χ3v) is 10.2. The van der Waals surface area contributed by atoms with Gasteiger partial charge in [0.15, 0.2) is 0 Å². The lowest BCUT2D eigenvalue weighted by Gasteiger charge is -2.52. The largest absolute Gasteiger partial charge is 0.496 e. The zero-order valence-electron chi connectivity index (χ0n) is 19.1. The van der Waals surface area contributed by atoms with Gasteiger partial charge in [-0.3, -0.25) is 0 Å². The molecule has 0 saturated carbocycles. The van der Waals surface area contributed by atoms with Gasteiger partial charge in [-0.25, -0.2) is 0 Å². The molecule has 0 spiro atoms. The molecule has 2 aromatic rings. The summed E-state index contributed by atoms with van der Waals surface area (Å²) in [5.41, 5.74) is 5.36. The molecule has 0 aliphatic heterocycles. The van der Waals surface area contributed by atoms with Gasteiger partial charge in [-0.15, -0.1) is 0 Å². The van der Waals surface area contributed by atoms with Crippen LogP contribution in [0.15, 0.2) is 48.5 Å². The van der Waals surface area contributed by atoms with Crippen molar-refractivity contribution in [2.45, 2.75) is 70.1 Å². The van der Waals surface area contributed by atoms with Crippen LogP contribution >= 0.6 is 0 Å². The van der Waals surface area contributed by atoms with E-state index in [4.69, 9.17) is 4.74 Å². The van der Waals surface area contributed by atoms with Gasteiger partial charge in [0.05, 0.1) is 15.2 Å². The van der Waals surface area contributed by atoms with Crippen molar-refractivity contribution in [2.24, 2.45) is 0 Å². The molecule has 3 rings (SSSR count). The Bertz CT molecular complexity index is 909. The average Bonchev–Trinajstić information content (AvgIpc) is 3.01. The number of hydrogen-bond donors (Lipinski definition) is 0. The van der Waals surface area contributed by atoms with Crippen LogP contribution in [0.5, 0.6) is 5.75 Å². The highest BCUT2D eigenvalue weighted by atomic mass is 28.3. The summed E-state index contributed by atoms with van der Waals surface area (Å²) in [6, 6.07) is 15.7. The number of hydrogen-bond acceptors (Lipinski definition) is 1. The van der Waals surface area contributed by atoms with Gasteiger partial charge in [0, 0.05) is 16.0 Å². The van der Waals surface area contributed by atoms with Crippen LogP contribution in [0.4, 0.5) is 0 Å². The molecule has 0 fully saturated rings. The van der Waals surface area contributed by atoms with Crippen molar-refractivity contribution in [3.05, 3.63) is 70.8 Å². The van der Waals surface area contributed by atoms with Gasteiger partial charge >= 0.3 is 0 Å². The highest BCUT2D eigenvalue weighted by molar-refractivity contribution is 6.80. The molecule has 0 aromatic heterocycles. The molecular formula is C26H36OSi. The van der Waals surface area contributed by atoms with E-state index in [9.17, 15) is 0 Å². The maximum absolute atomic E-state index is 6.09. The van der Waals surface area contributed by atoms with Gasteiger partial charge in [-0.05, 0) is 22.1 Å². The summed E-state index contributed by atoms with van der Waals surface area (Å²) < 4.78 is 6.09. The lowest BCUT2D eigenvalue weighted by Crippen LogP contribution is -2.58. The minimum absolute atomic E-state index is 0.000378. The van der Waals surface area contributed by atoms with Gasteiger partial charge in [0.2, 0.25) is 0 Å².